The predicted octanol–water partition coefficient (Wildman–Crippen LogP) is 3.05. The van der Waals surface area contributed by atoms with E-state index in [-0.39, 0.29) is 30.0 Å². The molecule has 4 nitrogen and oxygen atoms in total. The highest BCUT2D eigenvalue weighted by molar-refractivity contribution is 5.85. The number of halogens is 2. The molecular formula is C19H22ClFN2O2. The standard InChI is InChI=1S/C19H21FN2O2.ClH/c20-17-3-1-2-15(10-17)13-24-18-6-4-14(5-7-18)11-22-19(23)16-8-9-21-12-16;/h1-7,10,16,21H,8-9,11-13H2,(H,22,23);1H. The van der Waals surface area contributed by atoms with E-state index in [4.69, 9.17) is 4.74 Å². The highest BCUT2D eigenvalue weighted by Crippen LogP contribution is 2.15. The molecule has 2 aromatic rings. The predicted molar refractivity (Wildman–Crippen MR) is 97.2 cm³/mol. The summed E-state index contributed by atoms with van der Waals surface area (Å²) in [5, 5.41) is 6.15. The Balaban J connectivity index is 0.00000225. The summed E-state index contributed by atoms with van der Waals surface area (Å²) in [5.41, 5.74) is 1.81. The lowest BCUT2D eigenvalue weighted by atomic mass is 10.1. The molecule has 1 atom stereocenters. The maximum absolute atomic E-state index is 13.1. The van der Waals surface area contributed by atoms with Crippen LogP contribution in [0, 0.1) is 11.7 Å². The molecule has 0 aromatic heterocycles. The van der Waals surface area contributed by atoms with E-state index in [1.165, 1.54) is 12.1 Å². The van der Waals surface area contributed by atoms with Gasteiger partial charge in [0.05, 0.1) is 5.92 Å². The molecule has 6 heteroatoms. The SMILES string of the molecule is Cl.O=C(NCc1ccc(OCc2cccc(F)c2)cc1)C1CCNC1. The van der Waals surface area contributed by atoms with Gasteiger partial charge in [0.25, 0.3) is 0 Å². The molecule has 1 unspecified atom stereocenters. The van der Waals surface area contributed by atoms with Crippen molar-refractivity contribution in [2.45, 2.75) is 19.6 Å². The Morgan fingerprint density at radius 1 is 1.20 bits per heavy atom. The molecule has 2 N–H and O–H groups in total. The summed E-state index contributed by atoms with van der Waals surface area (Å²) in [6, 6.07) is 13.9. The minimum atomic E-state index is -0.264. The van der Waals surface area contributed by atoms with Crippen LogP contribution < -0.4 is 15.4 Å². The summed E-state index contributed by atoms with van der Waals surface area (Å²) in [6.07, 6.45) is 0.901. The summed E-state index contributed by atoms with van der Waals surface area (Å²) >= 11 is 0. The van der Waals surface area contributed by atoms with E-state index >= 15 is 0 Å². The minimum Gasteiger partial charge on any atom is -0.489 e. The number of hydrogen-bond donors (Lipinski definition) is 2. The number of benzene rings is 2. The molecule has 0 aliphatic carbocycles. The van der Waals surface area contributed by atoms with Crippen LogP contribution in [0.1, 0.15) is 17.5 Å². The van der Waals surface area contributed by atoms with Gasteiger partial charge in [0.15, 0.2) is 0 Å². The van der Waals surface area contributed by atoms with Crippen LogP contribution in [-0.2, 0) is 17.9 Å². The van der Waals surface area contributed by atoms with E-state index in [1.54, 1.807) is 6.07 Å². The van der Waals surface area contributed by atoms with E-state index in [0.29, 0.717) is 18.9 Å². The van der Waals surface area contributed by atoms with Crippen LogP contribution in [0.25, 0.3) is 0 Å². The minimum absolute atomic E-state index is 0. The van der Waals surface area contributed by atoms with Crippen LogP contribution >= 0.6 is 12.4 Å². The summed E-state index contributed by atoms with van der Waals surface area (Å²) in [7, 11) is 0. The molecule has 25 heavy (non-hydrogen) atoms. The third-order valence-corrected chi connectivity index (χ3v) is 4.12. The van der Waals surface area contributed by atoms with Gasteiger partial charge in [-0.25, -0.2) is 4.39 Å². The molecule has 1 heterocycles. The number of ether oxygens (including phenoxy) is 1. The summed E-state index contributed by atoms with van der Waals surface area (Å²) in [5.74, 6) is 0.638. The number of nitrogens with one attached hydrogen (secondary N) is 2. The van der Waals surface area contributed by atoms with Crippen LogP contribution in [0.4, 0.5) is 4.39 Å². The zero-order valence-electron chi connectivity index (χ0n) is 13.8. The van der Waals surface area contributed by atoms with Gasteiger partial charge in [0, 0.05) is 13.1 Å². The van der Waals surface area contributed by atoms with Gasteiger partial charge in [-0.1, -0.05) is 24.3 Å². The first kappa shape index (κ1) is 19.2. The molecule has 1 aliphatic rings. The van der Waals surface area contributed by atoms with Crippen molar-refractivity contribution in [2.24, 2.45) is 5.92 Å². The maximum Gasteiger partial charge on any atom is 0.224 e. The van der Waals surface area contributed by atoms with E-state index in [9.17, 15) is 9.18 Å². The van der Waals surface area contributed by atoms with E-state index in [1.807, 2.05) is 30.3 Å². The van der Waals surface area contributed by atoms with Gasteiger partial charge in [0.1, 0.15) is 18.2 Å². The Kier molecular flexibility index (Phi) is 7.22. The van der Waals surface area contributed by atoms with Crippen LogP contribution in [0.5, 0.6) is 5.75 Å². The number of amides is 1. The van der Waals surface area contributed by atoms with Gasteiger partial charge in [-0.2, -0.15) is 0 Å². The van der Waals surface area contributed by atoms with Gasteiger partial charge < -0.3 is 15.4 Å². The van der Waals surface area contributed by atoms with Gasteiger partial charge in [0.2, 0.25) is 5.91 Å². The first-order chi connectivity index (χ1) is 11.7. The quantitative estimate of drug-likeness (QED) is 0.828. The van der Waals surface area contributed by atoms with Crippen LogP contribution in [0.15, 0.2) is 48.5 Å². The summed E-state index contributed by atoms with van der Waals surface area (Å²) < 4.78 is 18.8. The van der Waals surface area contributed by atoms with E-state index in [2.05, 4.69) is 10.6 Å². The smallest absolute Gasteiger partial charge is 0.224 e. The van der Waals surface area contributed by atoms with Crippen LogP contribution in [0.2, 0.25) is 0 Å². The molecule has 0 saturated carbocycles. The fourth-order valence-electron chi connectivity index (χ4n) is 2.71. The third-order valence-electron chi connectivity index (χ3n) is 4.12. The molecule has 0 bridgehead atoms. The first-order valence-electron chi connectivity index (χ1n) is 8.15. The lowest BCUT2D eigenvalue weighted by molar-refractivity contribution is -0.124. The van der Waals surface area contributed by atoms with Gasteiger partial charge >= 0.3 is 0 Å². The number of rotatable bonds is 6. The zero-order chi connectivity index (χ0) is 16.8. The molecular weight excluding hydrogens is 343 g/mol. The van der Waals surface area contributed by atoms with Crippen molar-refractivity contribution >= 4 is 18.3 Å². The average molecular weight is 365 g/mol. The second-order valence-corrected chi connectivity index (χ2v) is 5.97. The second-order valence-electron chi connectivity index (χ2n) is 5.97. The Bertz CT molecular complexity index is 688. The number of carbonyl (C=O) groups is 1. The topological polar surface area (TPSA) is 50.4 Å². The lowest BCUT2D eigenvalue weighted by Crippen LogP contribution is -2.31. The summed E-state index contributed by atoms with van der Waals surface area (Å²) in [4.78, 5) is 12.0. The zero-order valence-corrected chi connectivity index (χ0v) is 14.7. The Labute approximate surface area is 153 Å². The van der Waals surface area contributed by atoms with Crippen molar-refractivity contribution in [3.63, 3.8) is 0 Å². The molecule has 1 aliphatic heterocycles. The van der Waals surface area contributed by atoms with Crippen molar-refractivity contribution in [1.82, 2.24) is 10.6 Å². The number of hydrogen-bond acceptors (Lipinski definition) is 3. The largest absolute Gasteiger partial charge is 0.489 e. The molecule has 0 spiro atoms. The normalized spacial score (nSPS) is 16.1. The Morgan fingerprint density at radius 2 is 2.00 bits per heavy atom. The molecule has 1 amide bonds. The van der Waals surface area contributed by atoms with Crippen molar-refractivity contribution in [3.8, 4) is 5.75 Å². The van der Waals surface area contributed by atoms with E-state index in [0.717, 1.165) is 30.6 Å². The molecule has 1 fully saturated rings. The van der Waals surface area contributed by atoms with E-state index < -0.39 is 0 Å². The molecule has 134 valence electrons. The average Bonchev–Trinajstić information content (AvgIpc) is 3.13. The highest BCUT2D eigenvalue weighted by Gasteiger charge is 2.21. The Morgan fingerprint density at radius 3 is 2.68 bits per heavy atom. The monoisotopic (exact) mass is 364 g/mol. The van der Waals surface area contributed by atoms with Gasteiger partial charge in [-0.05, 0) is 48.4 Å². The fourth-order valence-corrected chi connectivity index (χ4v) is 2.71. The fraction of sp³-hybridized carbons (Fsp3) is 0.316. The van der Waals surface area contributed by atoms with Crippen molar-refractivity contribution in [1.29, 1.82) is 0 Å². The van der Waals surface area contributed by atoms with Gasteiger partial charge in [-0.3, -0.25) is 4.79 Å². The van der Waals surface area contributed by atoms with Crippen LogP contribution in [-0.4, -0.2) is 19.0 Å². The number of carbonyl (C=O) groups excluding carboxylic acids is 1. The molecule has 3 rings (SSSR count). The van der Waals surface area contributed by atoms with Gasteiger partial charge in [-0.15, -0.1) is 12.4 Å². The molecule has 2 aromatic carbocycles. The Hall–Kier alpha value is -2.11. The first-order valence-corrected chi connectivity index (χ1v) is 8.15. The highest BCUT2D eigenvalue weighted by atomic mass is 35.5. The van der Waals surface area contributed by atoms with Crippen molar-refractivity contribution in [3.05, 3.63) is 65.5 Å². The second kappa shape index (κ2) is 9.39. The molecule has 1 saturated heterocycles. The van der Waals surface area contributed by atoms with Crippen molar-refractivity contribution < 1.29 is 13.9 Å². The molecule has 0 radical (unpaired) electrons. The summed E-state index contributed by atoms with van der Waals surface area (Å²) in [6.45, 7) is 2.51. The maximum atomic E-state index is 13.1. The third kappa shape index (κ3) is 5.73. The lowest BCUT2D eigenvalue weighted by Gasteiger charge is -2.11. The van der Waals surface area contributed by atoms with Crippen LogP contribution in [0.3, 0.4) is 0 Å². The van der Waals surface area contributed by atoms with Crippen molar-refractivity contribution in [2.75, 3.05) is 13.1 Å².